The van der Waals surface area contributed by atoms with Crippen LogP contribution in [0.1, 0.15) is 0 Å². The highest BCUT2D eigenvalue weighted by atomic mass is 32.1. The van der Waals surface area contributed by atoms with Crippen molar-refractivity contribution >= 4 is 24.5 Å². The van der Waals surface area contributed by atoms with Gasteiger partial charge in [-0.25, -0.2) is 9.80 Å². The van der Waals surface area contributed by atoms with E-state index in [1.165, 1.54) is 18.5 Å². The summed E-state index contributed by atoms with van der Waals surface area (Å²) >= 11 is 4.18. The summed E-state index contributed by atoms with van der Waals surface area (Å²) in [7, 11) is 4.70. The zero-order chi connectivity index (χ0) is 18.2. The number of piperazine rings is 1. The number of hydrogen-bond acceptors (Lipinski definition) is 7. The Hall–Kier alpha value is -1.68. The Balaban J connectivity index is 1.78. The molecule has 1 heterocycles. The van der Waals surface area contributed by atoms with Gasteiger partial charge in [-0.2, -0.15) is 0 Å². The van der Waals surface area contributed by atoms with Crippen LogP contribution >= 0.6 is 12.8 Å². The molecule has 0 aliphatic carbocycles. The van der Waals surface area contributed by atoms with Gasteiger partial charge in [0.1, 0.15) is 5.75 Å². The number of nitrogens with zero attached hydrogens (tertiary/aromatic N) is 3. The van der Waals surface area contributed by atoms with E-state index >= 15 is 0 Å². The highest BCUT2D eigenvalue weighted by Gasteiger charge is 2.22. The summed E-state index contributed by atoms with van der Waals surface area (Å²) in [5.74, 6) is 0.842. The molecule has 8 nitrogen and oxygen atoms in total. The van der Waals surface area contributed by atoms with Crippen molar-refractivity contribution in [3.05, 3.63) is 24.3 Å². The minimum Gasteiger partial charge on any atom is -0.497 e. The van der Waals surface area contributed by atoms with Crippen LogP contribution in [0.4, 0.5) is 10.5 Å². The molecule has 1 aliphatic heterocycles. The smallest absolute Gasteiger partial charge is 0.341 e. The Labute approximate surface area is 154 Å². The highest BCUT2D eigenvalue weighted by molar-refractivity contribution is 7.78. The number of hydrazine groups is 1. The van der Waals surface area contributed by atoms with Crippen LogP contribution in [0.3, 0.4) is 0 Å². The van der Waals surface area contributed by atoms with E-state index in [1.54, 1.807) is 7.11 Å². The van der Waals surface area contributed by atoms with Crippen molar-refractivity contribution in [2.45, 2.75) is 6.29 Å². The van der Waals surface area contributed by atoms with Crippen LogP contribution in [0.2, 0.25) is 0 Å². The van der Waals surface area contributed by atoms with Gasteiger partial charge in [-0.05, 0) is 24.3 Å². The minimum absolute atomic E-state index is 0.230. The van der Waals surface area contributed by atoms with Gasteiger partial charge in [0.25, 0.3) is 0 Å². The first-order valence-corrected chi connectivity index (χ1v) is 8.44. The van der Waals surface area contributed by atoms with Gasteiger partial charge in [-0.3, -0.25) is 9.73 Å². The predicted octanol–water partition coefficient (Wildman–Crippen LogP) is 1.21. The molecule has 140 valence electrons. The van der Waals surface area contributed by atoms with Crippen molar-refractivity contribution in [1.82, 2.24) is 14.7 Å². The van der Waals surface area contributed by atoms with Crippen molar-refractivity contribution < 1.29 is 19.0 Å². The number of benzene rings is 1. The van der Waals surface area contributed by atoms with Crippen molar-refractivity contribution in [1.29, 1.82) is 0 Å². The number of carbonyl (C=O) groups excluding carboxylic acids is 1. The van der Waals surface area contributed by atoms with Gasteiger partial charge in [0.05, 0.1) is 13.7 Å². The molecule has 0 spiro atoms. The molecule has 1 fully saturated rings. The summed E-state index contributed by atoms with van der Waals surface area (Å²) in [4.78, 5) is 14.4. The molecule has 2 rings (SSSR count). The number of nitrogens with one attached hydrogen (secondary N) is 1. The van der Waals surface area contributed by atoms with Crippen LogP contribution < -0.4 is 15.1 Å². The Morgan fingerprint density at radius 2 is 1.76 bits per heavy atom. The van der Waals surface area contributed by atoms with Crippen molar-refractivity contribution in [2.75, 3.05) is 59.0 Å². The van der Waals surface area contributed by atoms with Gasteiger partial charge in [0, 0.05) is 46.1 Å². The third kappa shape index (κ3) is 5.67. The monoisotopic (exact) mass is 370 g/mol. The highest BCUT2D eigenvalue weighted by Crippen LogP contribution is 2.20. The molecule has 0 bridgehead atoms. The molecule has 1 N–H and O–H groups in total. The molecule has 0 aromatic heterocycles. The summed E-state index contributed by atoms with van der Waals surface area (Å²) < 4.78 is 16.6. The minimum atomic E-state index is -0.504. The second-order valence-corrected chi connectivity index (χ2v) is 6.05. The van der Waals surface area contributed by atoms with Gasteiger partial charge in [0.15, 0.2) is 6.29 Å². The van der Waals surface area contributed by atoms with E-state index in [2.05, 4.69) is 23.1 Å². The number of thiol groups is 1. The molecular weight excluding hydrogens is 344 g/mol. The average molecular weight is 370 g/mol. The van der Waals surface area contributed by atoms with E-state index in [1.807, 2.05) is 29.3 Å². The van der Waals surface area contributed by atoms with E-state index in [0.717, 1.165) is 37.6 Å². The molecule has 0 atom stereocenters. The maximum atomic E-state index is 12.2. The Morgan fingerprint density at radius 3 is 2.28 bits per heavy atom. The van der Waals surface area contributed by atoms with E-state index < -0.39 is 6.29 Å². The van der Waals surface area contributed by atoms with Crippen molar-refractivity contribution in [3.8, 4) is 5.75 Å². The van der Waals surface area contributed by atoms with Gasteiger partial charge in [-0.1, -0.05) is 12.8 Å². The standard InChI is InChI=1S/C16H26N4O4S/c1-22-14-6-4-13(5-7-14)18-8-10-19(11-9-18)17-16(21)20(25)12-15(23-2)24-3/h4-7,15,25H,8-12H2,1-3H3,(H,17,21). The van der Waals surface area contributed by atoms with Crippen LogP contribution in [0.15, 0.2) is 24.3 Å². The lowest BCUT2D eigenvalue weighted by Gasteiger charge is -2.36. The van der Waals surface area contributed by atoms with Gasteiger partial charge in [0.2, 0.25) is 0 Å². The second kappa shape index (κ2) is 9.71. The molecule has 0 radical (unpaired) electrons. The molecule has 1 aromatic carbocycles. The SMILES string of the molecule is COc1ccc(N2CCN(NC(=O)N(S)CC(OC)OC)CC2)cc1. The van der Waals surface area contributed by atoms with E-state index in [-0.39, 0.29) is 12.6 Å². The lowest BCUT2D eigenvalue weighted by molar-refractivity contribution is -0.104. The maximum absolute atomic E-state index is 12.2. The normalized spacial score (nSPS) is 15.3. The van der Waals surface area contributed by atoms with Gasteiger partial charge < -0.3 is 19.1 Å². The molecule has 9 heteroatoms. The fraction of sp³-hybridized carbons (Fsp3) is 0.562. The lowest BCUT2D eigenvalue weighted by atomic mass is 10.2. The molecule has 2 amide bonds. The predicted molar refractivity (Wildman–Crippen MR) is 98.8 cm³/mol. The van der Waals surface area contributed by atoms with Crippen molar-refractivity contribution in [3.63, 3.8) is 0 Å². The Morgan fingerprint density at radius 1 is 1.16 bits per heavy atom. The molecule has 1 saturated heterocycles. The molecule has 25 heavy (non-hydrogen) atoms. The molecular formula is C16H26N4O4S. The number of ether oxygens (including phenoxy) is 3. The molecule has 0 unspecified atom stereocenters. The number of amides is 2. The third-order valence-electron chi connectivity index (χ3n) is 4.05. The second-order valence-electron chi connectivity index (χ2n) is 5.57. The zero-order valence-corrected chi connectivity index (χ0v) is 15.7. The molecule has 0 saturated carbocycles. The summed E-state index contributed by atoms with van der Waals surface area (Å²) in [5, 5.41) is 1.89. The third-order valence-corrected chi connectivity index (χ3v) is 4.40. The first-order chi connectivity index (χ1) is 12.1. The maximum Gasteiger partial charge on any atom is 0.341 e. The van der Waals surface area contributed by atoms with Gasteiger partial charge in [-0.15, -0.1) is 0 Å². The summed E-state index contributed by atoms with van der Waals surface area (Å²) in [6, 6.07) is 7.67. The number of anilines is 1. The van der Waals surface area contributed by atoms with E-state index in [0.29, 0.717) is 0 Å². The van der Waals surface area contributed by atoms with Crippen LogP contribution in [-0.2, 0) is 9.47 Å². The van der Waals surface area contributed by atoms with E-state index in [4.69, 9.17) is 14.2 Å². The zero-order valence-electron chi connectivity index (χ0n) is 14.8. The van der Waals surface area contributed by atoms with Crippen LogP contribution in [0.5, 0.6) is 5.75 Å². The Bertz CT molecular complexity index is 533. The summed E-state index contributed by atoms with van der Waals surface area (Å²) in [6.07, 6.45) is -0.504. The number of rotatable bonds is 7. The topological polar surface area (TPSA) is 66.5 Å². The fourth-order valence-corrected chi connectivity index (χ4v) is 2.71. The Kier molecular flexibility index (Phi) is 7.63. The quantitative estimate of drug-likeness (QED) is 0.556. The van der Waals surface area contributed by atoms with E-state index in [9.17, 15) is 4.79 Å². The largest absolute Gasteiger partial charge is 0.497 e. The van der Waals surface area contributed by atoms with Gasteiger partial charge >= 0.3 is 6.03 Å². The fourth-order valence-electron chi connectivity index (χ4n) is 2.53. The van der Waals surface area contributed by atoms with Crippen LogP contribution in [0.25, 0.3) is 0 Å². The average Bonchev–Trinajstić information content (AvgIpc) is 2.66. The van der Waals surface area contributed by atoms with Crippen molar-refractivity contribution in [2.24, 2.45) is 0 Å². The number of carbonyl (C=O) groups is 1. The first kappa shape index (κ1) is 19.6. The summed E-state index contributed by atoms with van der Waals surface area (Å²) in [6.45, 7) is 3.30. The van der Waals surface area contributed by atoms with Crippen LogP contribution in [0, 0.1) is 0 Å². The number of urea groups is 1. The first-order valence-electron chi connectivity index (χ1n) is 8.04. The number of hydrogen-bond donors (Lipinski definition) is 2. The van der Waals surface area contributed by atoms with Crippen LogP contribution in [-0.4, -0.2) is 75.7 Å². The molecule has 1 aromatic rings. The lowest BCUT2D eigenvalue weighted by Crippen LogP contribution is -2.55. The number of methoxy groups -OCH3 is 3. The summed E-state index contributed by atoms with van der Waals surface area (Å²) in [5.41, 5.74) is 3.99. The molecule has 1 aliphatic rings.